The molecule has 4 aromatic carbocycles. The third-order valence-corrected chi connectivity index (χ3v) is 4.58. The number of fused-ring (bicyclic) bond motifs is 2. The molecule has 0 heterocycles. The second-order valence-electron chi connectivity index (χ2n) is 5.47. The van der Waals surface area contributed by atoms with E-state index in [0.717, 1.165) is 38.2 Å². The molecule has 4 aromatic rings. The molecule has 0 aromatic heterocycles. The fourth-order valence-electron chi connectivity index (χ4n) is 2.68. The molecule has 0 atom stereocenters. The minimum Gasteiger partial charge on any atom is -0.418 e. The van der Waals surface area contributed by atoms with E-state index in [4.69, 9.17) is 4.74 Å². The molecule has 0 aliphatic rings. The molecular weight excluding hydrogens is 316 g/mol. The molecule has 0 bridgehead atoms. The Kier molecular flexibility index (Phi) is 3.93. The Morgan fingerprint density at radius 2 is 1.25 bits per heavy atom. The van der Waals surface area contributed by atoms with Crippen molar-refractivity contribution < 1.29 is 9.53 Å². The van der Waals surface area contributed by atoms with E-state index in [1.807, 2.05) is 78.9 Å². The maximum Gasteiger partial charge on any atom is 0.377 e. The molecule has 0 aliphatic carbocycles. The van der Waals surface area contributed by atoms with Crippen molar-refractivity contribution in [3.05, 3.63) is 84.9 Å². The van der Waals surface area contributed by atoms with Crippen molar-refractivity contribution >= 4 is 38.6 Å². The fraction of sp³-hybridized carbons (Fsp3) is 0. The molecule has 4 rings (SSSR count). The molecule has 0 aliphatic heterocycles. The number of rotatable bonds is 2. The monoisotopic (exact) mass is 330 g/mol. The van der Waals surface area contributed by atoms with Crippen molar-refractivity contribution in [1.29, 1.82) is 0 Å². The summed E-state index contributed by atoms with van der Waals surface area (Å²) >= 11 is 1.10. The number of hydrogen-bond acceptors (Lipinski definition) is 3. The summed E-state index contributed by atoms with van der Waals surface area (Å²) in [6, 6.07) is 27.7. The first kappa shape index (κ1) is 14.8. The van der Waals surface area contributed by atoms with Gasteiger partial charge in [-0.15, -0.1) is 0 Å². The summed E-state index contributed by atoms with van der Waals surface area (Å²) in [4.78, 5) is 13.1. The number of carbonyl (C=O) groups is 1. The van der Waals surface area contributed by atoms with Gasteiger partial charge in [-0.1, -0.05) is 60.7 Å². The average molecular weight is 330 g/mol. The van der Waals surface area contributed by atoms with Gasteiger partial charge < -0.3 is 4.74 Å². The van der Waals surface area contributed by atoms with Crippen LogP contribution in [0.5, 0.6) is 5.75 Å². The van der Waals surface area contributed by atoms with E-state index < -0.39 is 0 Å². The number of hydrogen-bond donors (Lipinski definition) is 0. The van der Waals surface area contributed by atoms with Gasteiger partial charge in [0, 0.05) is 4.90 Å². The molecule has 0 amide bonds. The Balaban J connectivity index is 1.52. The predicted molar refractivity (Wildman–Crippen MR) is 99.8 cm³/mol. The molecule has 0 unspecified atom stereocenters. The zero-order chi connectivity index (χ0) is 16.4. The first-order valence-corrected chi connectivity index (χ1v) is 8.47. The highest BCUT2D eigenvalue weighted by Crippen LogP contribution is 2.27. The van der Waals surface area contributed by atoms with E-state index >= 15 is 0 Å². The second kappa shape index (κ2) is 6.38. The van der Waals surface area contributed by atoms with Crippen molar-refractivity contribution in [3.8, 4) is 5.75 Å². The van der Waals surface area contributed by atoms with Crippen LogP contribution in [0.2, 0.25) is 0 Å². The molecule has 0 N–H and O–H groups in total. The van der Waals surface area contributed by atoms with E-state index in [-0.39, 0.29) is 5.30 Å². The fourth-order valence-corrected chi connectivity index (χ4v) is 3.33. The van der Waals surface area contributed by atoms with Gasteiger partial charge in [0.25, 0.3) is 0 Å². The number of thioether (sulfide) groups is 1. The number of carbonyl (C=O) groups excluding carboxylic acids is 1. The number of benzene rings is 4. The van der Waals surface area contributed by atoms with Gasteiger partial charge in [0.05, 0.1) is 0 Å². The van der Waals surface area contributed by atoms with Gasteiger partial charge in [-0.05, 0) is 57.6 Å². The van der Waals surface area contributed by atoms with E-state index in [9.17, 15) is 4.79 Å². The summed E-state index contributed by atoms with van der Waals surface area (Å²) in [6.45, 7) is 0. The lowest BCUT2D eigenvalue weighted by Gasteiger charge is -2.06. The van der Waals surface area contributed by atoms with Crippen LogP contribution in [0.3, 0.4) is 0 Å². The molecule has 24 heavy (non-hydrogen) atoms. The summed E-state index contributed by atoms with van der Waals surface area (Å²) < 4.78 is 5.46. The van der Waals surface area contributed by atoms with Crippen molar-refractivity contribution in [2.45, 2.75) is 4.90 Å². The van der Waals surface area contributed by atoms with Gasteiger partial charge in [-0.3, -0.25) is 0 Å². The Morgan fingerprint density at radius 3 is 1.96 bits per heavy atom. The maximum atomic E-state index is 12.2. The molecule has 0 radical (unpaired) electrons. The Hall–Kier alpha value is -2.78. The van der Waals surface area contributed by atoms with Crippen LogP contribution in [0.25, 0.3) is 21.5 Å². The van der Waals surface area contributed by atoms with Crippen LogP contribution < -0.4 is 4.74 Å². The highest BCUT2D eigenvalue weighted by Gasteiger charge is 2.09. The SMILES string of the molecule is O=C(Oc1ccc2ccccc2c1)Sc1ccc2ccccc2c1. The lowest BCUT2D eigenvalue weighted by molar-refractivity contribution is 0.227. The lowest BCUT2D eigenvalue weighted by Crippen LogP contribution is -2.00. The molecular formula is C21H14O2S. The first-order chi connectivity index (χ1) is 11.8. The van der Waals surface area contributed by atoms with Gasteiger partial charge in [0.2, 0.25) is 0 Å². The van der Waals surface area contributed by atoms with Crippen LogP contribution in [-0.2, 0) is 0 Å². The van der Waals surface area contributed by atoms with Gasteiger partial charge in [0.15, 0.2) is 0 Å². The Labute approximate surface area is 144 Å². The van der Waals surface area contributed by atoms with Crippen molar-refractivity contribution in [2.75, 3.05) is 0 Å². The minimum atomic E-state index is -0.333. The summed E-state index contributed by atoms with van der Waals surface area (Å²) in [6.07, 6.45) is 0. The van der Waals surface area contributed by atoms with Crippen LogP contribution >= 0.6 is 11.8 Å². The molecule has 2 nitrogen and oxygen atoms in total. The molecule has 3 heteroatoms. The van der Waals surface area contributed by atoms with Gasteiger partial charge in [0.1, 0.15) is 5.75 Å². The maximum absolute atomic E-state index is 12.2. The van der Waals surface area contributed by atoms with Gasteiger partial charge in [-0.25, -0.2) is 4.79 Å². The van der Waals surface area contributed by atoms with Crippen molar-refractivity contribution in [1.82, 2.24) is 0 Å². The standard InChI is InChI=1S/C21H14O2S/c22-21(23-19-11-9-15-5-1-3-7-17(15)13-19)24-20-12-10-16-6-2-4-8-18(16)14-20/h1-14H. The third kappa shape index (κ3) is 3.12. The highest BCUT2D eigenvalue weighted by atomic mass is 32.2. The topological polar surface area (TPSA) is 26.3 Å². The molecule has 0 fully saturated rings. The van der Waals surface area contributed by atoms with E-state index in [0.29, 0.717) is 5.75 Å². The smallest absolute Gasteiger partial charge is 0.377 e. The average Bonchev–Trinajstić information content (AvgIpc) is 2.61. The predicted octanol–water partition coefficient (Wildman–Crippen LogP) is 6.28. The molecule has 116 valence electrons. The van der Waals surface area contributed by atoms with Crippen molar-refractivity contribution in [2.24, 2.45) is 0 Å². The van der Waals surface area contributed by atoms with E-state index in [2.05, 4.69) is 6.07 Å². The highest BCUT2D eigenvalue weighted by molar-refractivity contribution is 8.13. The van der Waals surface area contributed by atoms with Crippen LogP contribution in [0.15, 0.2) is 89.8 Å². The summed E-state index contributed by atoms with van der Waals surface area (Å²) in [7, 11) is 0. The quantitative estimate of drug-likeness (QED) is 0.319. The summed E-state index contributed by atoms with van der Waals surface area (Å²) in [5, 5.41) is 4.12. The van der Waals surface area contributed by atoms with Crippen LogP contribution in [0.4, 0.5) is 4.79 Å². The molecule has 0 saturated carbocycles. The van der Waals surface area contributed by atoms with Crippen LogP contribution in [-0.4, -0.2) is 5.30 Å². The second-order valence-corrected chi connectivity index (χ2v) is 6.48. The molecule has 0 saturated heterocycles. The summed E-state index contributed by atoms with van der Waals surface area (Å²) in [5.41, 5.74) is 0. The van der Waals surface area contributed by atoms with Gasteiger partial charge >= 0.3 is 5.30 Å². The van der Waals surface area contributed by atoms with E-state index in [1.165, 1.54) is 0 Å². The summed E-state index contributed by atoms with van der Waals surface area (Å²) in [5.74, 6) is 0.562. The first-order valence-electron chi connectivity index (χ1n) is 7.65. The zero-order valence-corrected chi connectivity index (χ0v) is 13.6. The van der Waals surface area contributed by atoms with Crippen LogP contribution in [0, 0.1) is 0 Å². The number of ether oxygens (including phenoxy) is 1. The van der Waals surface area contributed by atoms with E-state index in [1.54, 1.807) is 0 Å². The lowest BCUT2D eigenvalue weighted by atomic mass is 10.1. The third-order valence-electron chi connectivity index (χ3n) is 3.84. The van der Waals surface area contributed by atoms with Crippen LogP contribution in [0.1, 0.15) is 0 Å². The molecule has 0 spiro atoms. The Bertz CT molecular complexity index is 957. The zero-order valence-electron chi connectivity index (χ0n) is 12.8. The van der Waals surface area contributed by atoms with Gasteiger partial charge in [-0.2, -0.15) is 0 Å². The van der Waals surface area contributed by atoms with Crippen molar-refractivity contribution in [3.63, 3.8) is 0 Å². The largest absolute Gasteiger partial charge is 0.418 e. The minimum absolute atomic E-state index is 0.333. The Morgan fingerprint density at radius 1 is 0.667 bits per heavy atom. The normalized spacial score (nSPS) is 10.8.